The number of aromatic amines is 1. The van der Waals surface area contributed by atoms with Crippen LogP contribution < -0.4 is 5.56 Å². The molecule has 6 rings (SSSR count). The summed E-state index contributed by atoms with van der Waals surface area (Å²) in [6.07, 6.45) is 7.87. The van der Waals surface area contributed by atoms with Crippen LogP contribution >= 0.6 is 0 Å². The van der Waals surface area contributed by atoms with Gasteiger partial charge in [-0.3, -0.25) is 19.1 Å². The molecule has 0 radical (unpaired) electrons. The monoisotopic (exact) mass is 500 g/mol. The van der Waals surface area contributed by atoms with Crippen LogP contribution in [0.25, 0.3) is 28.4 Å². The van der Waals surface area contributed by atoms with Crippen LogP contribution in [0.15, 0.2) is 47.4 Å². The van der Waals surface area contributed by atoms with Crippen molar-refractivity contribution in [2.24, 2.45) is 5.92 Å². The zero-order valence-corrected chi connectivity index (χ0v) is 20.8. The molecule has 8 nitrogen and oxygen atoms in total. The van der Waals surface area contributed by atoms with E-state index in [0.717, 1.165) is 11.3 Å². The van der Waals surface area contributed by atoms with Crippen LogP contribution in [0.5, 0.6) is 0 Å². The number of nitrogens with one attached hydrogen (secondary N) is 1. The van der Waals surface area contributed by atoms with Crippen LogP contribution in [-0.2, 0) is 0 Å². The van der Waals surface area contributed by atoms with Gasteiger partial charge in [0, 0.05) is 42.5 Å². The third kappa shape index (κ3) is 4.32. The normalized spacial score (nSPS) is 16.8. The van der Waals surface area contributed by atoms with Gasteiger partial charge in [0.2, 0.25) is 0 Å². The fraction of sp³-hybridized carbons (Fsp3) is 0.393. The van der Waals surface area contributed by atoms with Gasteiger partial charge in [0.1, 0.15) is 11.3 Å². The molecule has 1 aliphatic carbocycles. The van der Waals surface area contributed by atoms with Gasteiger partial charge < -0.3 is 4.90 Å². The maximum Gasteiger partial charge on any atom is 0.273 e. The topological polar surface area (TPSA) is 96.2 Å². The highest BCUT2D eigenvalue weighted by atomic mass is 19.1. The number of hydrogen-bond donors (Lipinski definition) is 1. The van der Waals surface area contributed by atoms with Crippen molar-refractivity contribution in [1.29, 1.82) is 0 Å². The molecule has 2 fully saturated rings. The van der Waals surface area contributed by atoms with Gasteiger partial charge in [-0.15, -0.1) is 0 Å². The van der Waals surface area contributed by atoms with Crippen molar-refractivity contribution in [3.05, 3.63) is 69.8 Å². The third-order valence-corrected chi connectivity index (χ3v) is 7.59. The van der Waals surface area contributed by atoms with Gasteiger partial charge >= 0.3 is 0 Å². The average molecular weight is 501 g/mol. The molecule has 9 heteroatoms. The van der Waals surface area contributed by atoms with E-state index < -0.39 is 6.67 Å². The molecule has 2 aliphatic rings. The zero-order valence-electron chi connectivity index (χ0n) is 20.8. The number of halogens is 1. The SMILES string of the molecule is Cc1ccnc(-c2[nH]n3c(=O)cc(-c4ccc(C5CCCCC5)cc4)nc3c2C(=O)N2CC(CF)C2)n1. The van der Waals surface area contributed by atoms with Crippen molar-refractivity contribution in [3.63, 3.8) is 0 Å². The van der Waals surface area contributed by atoms with Crippen molar-refractivity contribution in [2.75, 3.05) is 19.8 Å². The number of H-pyrrole nitrogens is 1. The number of benzene rings is 1. The second-order valence-electron chi connectivity index (χ2n) is 10.2. The standard InChI is InChI=1S/C28H29FN6O2/c1-17-11-12-30-26(31-17)25-24(28(37)34-15-18(14-29)16-34)27-32-22(13-23(36)35(27)33-25)21-9-7-20(8-10-21)19-5-3-2-4-6-19/h7-13,18-19,33H,2-6,14-16H2,1H3. The van der Waals surface area contributed by atoms with Gasteiger partial charge in [-0.25, -0.2) is 19.5 Å². The van der Waals surface area contributed by atoms with Gasteiger partial charge in [-0.1, -0.05) is 43.5 Å². The first kappa shape index (κ1) is 23.5. The van der Waals surface area contributed by atoms with E-state index in [1.54, 1.807) is 17.2 Å². The highest BCUT2D eigenvalue weighted by Crippen LogP contribution is 2.34. The Balaban J connectivity index is 1.44. The molecule has 4 heterocycles. The Kier molecular flexibility index (Phi) is 6.06. The summed E-state index contributed by atoms with van der Waals surface area (Å²) in [5.41, 5.74) is 3.78. The molecule has 0 bridgehead atoms. The molecule has 0 atom stereocenters. The minimum atomic E-state index is -0.468. The second kappa shape index (κ2) is 9.53. The van der Waals surface area contributed by atoms with E-state index in [0.29, 0.717) is 36.2 Å². The predicted molar refractivity (Wildman–Crippen MR) is 138 cm³/mol. The Bertz CT molecular complexity index is 1510. The summed E-state index contributed by atoms with van der Waals surface area (Å²) in [5.74, 6) is 0.399. The highest BCUT2D eigenvalue weighted by molar-refractivity contribution is 6.05. The first-order valence-electron chi connectivity index (χ1n) is 12.9. The van der Waals surface area contributed by atoms with Crippen molar-refractivity contribution >= 4 is 11.6 Å². The van der Waals surface area contributed by atoms with Gasteiger partial charge in [-0.2, -0.15) is 0 Å². The molecule has 0 unspecified atom stereocenters. The third-order valence-electron chi connectivity index (χ3n) is 7.59. The largest absolute Gasteiger partial charge is 0.338 e. The summed E-state index contributed by atoms with van der Waals surface area (Å²) < 4.78 is 14.3. The Morgan fingerprint density at radius 3 is 2.54 bits per heavy atom. The average Bonchev–Trinajstić information content (AvgIpc) is 3.29. The van der Waals surface area contributed by atoms with Crippen LogP contribution in [0.3, 0.4) is 0 Å². The summed E-state index contributed by atoms with van der Waals surface area (Å²) >= 11 is 0. The van der Waals surface area contributed by atoms with E-state index in [-0.39, 0.29) is 28.6 Å². The smallest absolute Gasteiger partial charge is 0.273 e. The lowest BCUT2D eigenvalue weighted by Gasteiger charge is -2.37. The van der Waals surface area contributed by atoms with Gasteiger partial charge in [-0.05, 0) is 37.3 Å². The number of carbonyl (C=O) groups is 1. The molecular weight excluding hydrogens is 471 g/mol. The van der Waals surface area contributed by atoms with Crippen molar-refractivity contribution < 1.29 is 9.18 Å². The van der Waals surface area contributed by atoms with E-state index >= 15 is 0 Å². The van der Waals surface area contributed by atoms with E-state index in [1.165, 1.54) is 48.2 Å². The van der Waals surface area contributed by atoms with E-state index in [4.69, 9.17) is 4.98 Å². The Labute approximate surface area is 213 Å². The maximum atomic E-state index is 13.6. The molecule has 0 spiro atoms. The lowest BCUT2D eigenvalue weighted by atomic mass is 9.84. The molecule has 1 saturated heterocycles. The molecule has 1 N–H and O–H groups in total. The molecule has 3 aromatic heterocycles. The summed E-state index contributed by atoms with van der Waals surface area (Å²) in [4.78, 5) is 41.9. The summed E-state index contributed by atoms with van der Waals surface area (Å²) in [6.45, 7) is 2.01. The van der Waals surface area contributed by atoms with E-state index in [9.17, 15) is 14.0 Å². The summed E-state index contributed by atoms with van der Waals surface area (Å²) in [5, 5.41) is 3.01. The number of likely N-dealkylation sites (tertiary alicyclic amines) is 1. The summed E-state index contributed by atoms with van der Waals surface area (Å²) in [6, 6.07) is 11.5. The number of alkyl halides is 1. The second-order valence-corrected chi connectivity index (χ2v) is 10.2. The first-order chi connectivity index (χ1) is 18.0. The van der Waals surface area contributed by atoms with Gasteiger partial charge in [0.05, 0.1) is 12.4 Å². The number of hydrogen-bond acceptors (Lipinski definition) is 5. The van der Waals surface area contributed by atoms with Crippen molar-refractivity contribution in [1.82, 2.24) is 29.5 Å². The Hall–Kier alpha value is -3.88. The van der Waals surface area contributed by atoms with Gasteiger partial charge in [0.25, 0.3) is 11.5 Å². The molecule has 1 amide bonds. The van der Waals surface area contributed by atoms with Crippen molar-refractivity contribution in [2.45, 2.75) is 44.9 Å². The molecule has 1 aliphatic heterocycles. The molecule has 37 heavy (non-hydrogen) atoms. The van der Waals surface area contributed by atoms with Crippen molar-refractivity contribution in [3.8, 4) is 22.8 Å². The molecule has 190 valence electrons. The molecule has 4 aromatic rings. The number of nitrogens with zero attached hydrogens (tertiary/aromatic N) is 5. The van der Waals surface area contributed by atoms with Crippen LogP contribution in [0.2, 0.25) is 0 Å². The predicted octanol–water partition coefficient (Wildman–Crippen LogP) is 4.54. The highest BCUT2D eigenvalue weighted by Gasteiger charge is 2.35. The molecular formula is C28H29FN6O2. The lowest BCUT2D eigenvalue weighted by molar-refractivity contribution is 0.0455. The number of carbonyl (C=O) groups excluding carboxylic acids is 1. The van der Waals surface area contributed by atoms with E-state index in [2.05, 4.69) is 27.2 Å². The number of fused-ring (bicyclic) bond motifs is 1. The number of rotatable bonds is 5. The first-order valence-corrected chi connectivity index (χ1v) is 12.9. The van der Waals surface area contributed by atoms with Crippen LogP contribution in [-0.4, -0.2) is 55.1 Å². The fourth-order valence-electron chi connectivity index (χ4n) is 5.47. The quantitative estimate of drug-likeness (QED) is 0.434. The molecule has 1 aromatic carbocycles. The van der Waals surface area contributed by atoms with Crippen LogP contribution in [0, 0.1) is 12.8 Å². The summed E-state index contributed by atoms with van der Waals surface area (Å²) in [7, 11) is 0. The van der Waals surface area contributed by atoms with Crippen LogP contribution in [0.1, 0.15) is 59.6 Å². The fourth-order valence-corrected chi connectivity index (χ4v) is 5.47. The Morgan fingerprint density at radius 1 is 1.08 bits per heavy atom. The number of amides is 1. The minimum absolute atomic E-state index is 0.165. The molecule has 1 saturated carbocycles. The van der Waals surface area contributed by atoms with Gasteiger partial charge in [0.15, 0.2) is 11.5 Å². The Morgan fingerprint density at radius 2 is 1.84 bits per heavy atom. The van der Waals surface area contributed by atoms with E-state index in [1.807, 2.05) is 19.1 Å². The number of aryl methyl sites for hydroxylation is 1. The maximum absolute atomic E-state index is 13.6. The zero-order chi connectivity index (χ0) is 25.5. The number of aromatic nitrogens is 5. The van der Waals surface area contributed by atoms with Crippen LogP contribution in [0.4, 0.5) is 4.39 Å². The lowest BCUT2D eigenvalue weighted by Crippen LogP contribution is -2.50. The minimum Gasteiger partial charge on any atom is -0.338 e.